The number of aliphatic hydroxyl groups is 1. The summed E-state index contributed by atoms with van der Waals surface area (Å²) in [7, 11) is 0. The molecule has 1 amide bonds. The molecule has 4 aliphatic rings. The minimum absolute atomic E-state index is 0.0927. The van der Waals surface area contributed by atoms with E-state index in [4.69, 9.17) is 4.74 Å². The van der Waals surface area contributed by atoms with Crippen LogP contribution in [0.3, 0.4) is 0 Å². The fourth-order valence-electron chi connectivity index (χ4n) is 8.82. The van der Waals surface area contributed by atoms with Crippen molar-refractivity contribution in [3.8, 4) is 16.9 Å². The first kappa shape index (κ1) is 36.5. The summed E-state index contributed by atoms with van der Waals surface area (Å²) in [6.45, 7) is 4.75. The van der Waals surface area contributed by atoms with E-state index in [0.29, 0.717) is 55.3 Å². The van der Waals surface area contributed by atoms with Crippen LogP contribution in [0.5, 0.6) is 5.75 Å². The van der Waals surface area contributed by atoms with Crippen molar-refractivity contribution >= 4 is 11.9 Å². The van der Waals surface area contributed by atoms with Gasteiger partial charge in [-0.25, -0.2) is 4.79 Å². The van der Waals surface area contributed by atoms with Gasteiger partial charge in [0, 0.05) is 23.1 Å². The maximum absolute atomic E-state index is 14.9. The molecule has 4 unspecified atom stereocenters. The average molecular weight is 724 g/mol. The number of rotatable bonds is 6. The number of carbonyl (C=O) groups excluding carboxylic acids is 2. The van der Waals surface area contributed by atoms with Crippen molar-refractivity contribution in [3.05, 3.63) is 137 Å². The van der Waals surface area contributed by atoms with E-state index >= 15 is 0 Å². The number of ketones is 1. The summed E-state index contributed by atoms with van der Waals surface area (Å²) in [5.74, 6) is -0.550. The minimum Gasteiger partial charge on any atom is -0.440 e. The van der Waals surface area contributed by atoms with Crippen molar-refractivity contribution in [2.24, 2.45) is 5.41 Å². The van der Waals surface area contributed by atoms with E-state index < -0.39 is 29.6 Å². The highest BCUT2D eigenvalue weighted by molar-refractivity contribution is 6.13. The minimum atomic E-state index is -4.79. The number of aliphatic hydroxyl groups excluding tert-OH is 1. The second kappa shape index (κ2) is 14.5. The summed E-state index contributed by atoms with van der Waals surface area (Å²) >= 11 is 0. The molecule has 276 valence electrons. The summed E-state index contributed by atoms with van der Waals surface area (Å²) in [6.07, 6.45) is 0.878. The first-order valence-electron chi connectivity index (χ1n) is 18.3. The molecular formula is C44H44F3NO5. The van der Waals surface area contributed by atoms with Crippen molar-refractivity contribution in [2.45, 2.75) is 89.3 Å². The van der Waals surface area contributed by atoms with Gasteiger partial charge in [-0.1, -0.05) is 97.4 Å². The third-order valence-corrected chi connectivity index (χ3v) is 11.7. The molecule has 3 aliphatic carbocycles. The normalized spacial score (nSPS) is 24.8. The van der Waals surface area contributed by atoms with Crippen molar-refractivity contribution in [2.75, 3.05) is 6.54 Å². The van der Waals surface area contributed by atoms with Gasteiger partial charge in [-0.2, -0.15) is 0 Å². The molecule has 2 fully saturated rings. The van der Waals surface area contributed by atoms with Crippen molar-refractivity contribution < 1.29 is 37.3 Å². The van der Waals surface area contributed by atoms with Gasteiger partial charge in [-0.15, -0.1) is 13.2 Å². The summed E-state index contributed by atoms with van der Waals surface area (Å²) in [5.41, 5.74) is 5.19. The standard InChI is InChI=1S/C44H44F3NO5/c1-29-9-8-23-42(2)39(22-24-43(42)28-48(41(51)53-43)27-30-15-19-34(20-16-30)52-44(45,46)47)36-21-17-31(25-33(49)18-14-29)26-38(36)40(50)37-13-7-6-12-35(37)32-10-4-3-5-11-32/h3-7,9-13,15-17,19-21,26,33,39,49H,8,14,18,22-25,27-28H2,1-2H3. The number of amides is 1. The maximum Gasteiger partial charge on any atom is 0.573 e. The number of allylic oxidation sites excluding steroid dienone is 2. The highest BCUT2D eigenvalue weighted by atomic mass is 19.4. The Morgan fingerprint density at radius 1 is 0.943 bits per heavy atom. The first-order chi connectivity index (χ1) is 25.3. The Hall–Kier alpha value is -4.89. The Morgan fingerprint density at radius 3 is 2.43 bits per heavy atom. The number of carbonyl (C=O) groups is 2. The summed E-state index contributed by atoms with van der Waals surface area (Å²) in [5, 5.41) is 11.0. The SMILES string of the molecule is CC1=CCCC2(C)C(CCC23CN(Cc2ccc(OC(F)(F)F)cc2)C(=O)O3)c2ccc(cc2C(=O)c2ccccc2-c2ccccc2)CC(O)CC1. The zero-order valence-electron chi connectivity index (χ0n) is 30.0. The van der Waals surface area contributed by atoms with Crippen LogP contribution in [-0.2, 0) is 17.7 Å². The van der Waals surface area contributed by atoms with Gasteiger partial charge >= 0.3 is 12.5 Å². The molecule has 0 aromatic heterocycles. The Morgan fingerprint density at radius 2 is 1.68 bits per heavy atom. The molecule has 4 aromatic carbocycles. The molecule has 6 nitrogen and oxygen atoms in total. The lowest BCUT2D eigenvalue weighted by atomic mass is 9.64. The van der Waals surface area contributed by atoms with Gasteiger partial charge in [0.1, 0.15) is 11.4 Å². The van der Waals surface area contributed by atoms with Crippen LogP contribution in [0.1, 0.15) is 90.9 Å². The second-order valence-corrected chi connectivity index (χ2v) is 15.1. The Labute approximate surface area is 308 Å². The van der Waals surface area contributed by atoms with E-state index in [1.807, 2.05) is 72.8 Å². The fourth-order valence-corrected chi connectivity index (χ4v) is 8.82. The van der Waals surface area contributed by atoms with Gasteiger partial charge in [0.15, 0.2) is 5.78 Å². The van der Waals surface area contributed by atoms with E-state index in [9.17, 15) is 27.9 Å². The van der Waals surface area contributed by atoms with Gasteiger partial charge in [0.2, 0.25) is 0 Å². The monoisotopic (exact) mass is 723 g/mol. The summed E-state index contributed by atoms with van der Waals surface area (Å²) in [4.78, 5) is 30.2. The highest BCUT2D eigenvalue weighted by Gasteiger charge is 2.64. The Balaban J connectivity index is 1.27. The van der Waals surface area contributed by atoms with Gasteiger partial charge in [-0.05, 0) is 104 Å². The third kappa shape index (κ3) is 7.49. The van der Waals surface area contributed by atoms with Crippen LogP contribution in [0.4, 0.5) is 18.0 Å². The summed E-state index contributed by atoms with van der Waals surface area (Å²) < 4.78 is 48.7. The maximum atomic E-state index is 14.9. The molecule has 1 N–H and O–H groups in total. The second-order valence-electron chi connectivity index (χ2n) is 15.1. The number of alkyl halides is 3. The topological polar surface area (TPSA) is 76.1 Å². The van der Waals surface area contributed by atoms with E-state index in [-0.39, 0.29) is 24.0 Å². The molecule has 1 saturated carbocycles. The predicted octanol–water partition coefficient (Wildman–Crippen LogP) is 10.2. The lowest BCUT2D eigenvalue weighted by Gasteiger charge is -2.43. The molecule has 2 bridgehead atoms. The van der Waals surface area contributed by atoms with Crippen LogP contribution in [0, 0.1) is 5.41 Å². The quantitative estimate of drug-likeness (QED) is 0.158. The van der Waals surface area contributed by atoms with Crippen molar-refractivity contribution in [3.63, 3.8) is 0 Å². The first-order valence-corrected chi connectivity index (χ1v) is 18.3. The number of hydrogen-bond donors (Lipinski definition) is 1. The number of benzene rings is 4. The molecule has 1 heterocycles. The summed E-state index contributed by atoms with van der Waals surface area (Å²) in [6, 6.07) is 29.1. The number of ether oxygens (including phenoxy) is 2. The number of fused-ring (bicyclic) bond motifs is 8. The lowest BCUT2D eigenvalue weighted by Crippen LogP contribution is -2.48. The molecule has 4 atom stereocenters. The van der Waals surface area contributed by atoms with Gasteiger partial charge in [0.25, 0.3) is 0 Å². The molecule has 1 aliphatic heterocycles. The van der Waals surface area contributed by atoms with Crippen molar-refractivity contribution in [1.82, 2.24) is 4.90 Å². The Kier molecular flexibility index (Phi) is 9.98. The molecule has 0 radical (unpaired) electrons. The largest absolute Gasteiger partial charge is 0.573 e. The molecule has 8 rings (SSSR count). The molecule has 53 heavy (non-hydrogen) atoms. The van der Waals surface area contributed by atoms with Crippen LogP contribution in [0.15, 0.2) is 109 Å². The van der Waals surface area contributed by atoms with Gasteiger partial charge in [0.05, 0.1) is 12.6 Å². The lowest BCUT2D eigenvalue weighted by molar-refractivity contribution is -0.274. The van der Waals surface area contributed by atoms with Crippen LogP contribution in [-0.4, -0.2) is 46.5 Å². The van der Waals surface area contributed by atoms with Crippen LogP contribution < -0.4 is 4.74 Å². The van der Waals surface area contributed by atoms with Crippen LogP contribution in [0.2, 0.25) is 0 Å². The van der Waals surface area contributed by atoms with E-state index in [1.54, 1.807) is 4.90 Å². The number of hydrogen-bond acceptors (Lipinski definition) is 5. The zero-order chi connectivity index (χ0) is 37.4. The van der Waals surface area contributed by atoms with E-state index in [2.05, 4.69) is 24.7 Å². The molecule has 9 heteroatoms. The third-order valence-electron chi connectivity index (χ3n) is 11.7. The van der Waals surface area contributed by atoms with Crippen molar-refractivity contribution in [1.29, 1.82) is 0 Å². The zero-order valence-corrected chi connectivity index (χ0v) is 30.0. The number of nitrogens with zero attached hydrogens (tertiary/aromatic N) is 1. The number of halogens is 3. The molecular weight excluding hydrogens is 679 g/mol. The fraction of sp³-hybridized carbons (Fsp3) is 0.364. The average Bonchev–Trinajstić information content (AvgIpc) is 3.60. The van der Waals surface area contributed by atoms with Crippen LogP contribution >= 0.6 is 0 Å². The molecule has 1 spiro atoms. The van der Waals surface area contributed by atoms with Gasteiger partial charge in [-0.3, -0.25) is 9.69 Å². The molecule has 4 aromatic rings. The predicted molar refractivity (Wildman–Crippen MR) is 197 cm³/mol. The Bertz CT molecular complexity index is 2010. The molecule has 1 saturated heterocycles. The smallest absolute Gasteiger partial charge is 0.440 e. The van der Waals surface area contributed by atoms with E-state index in [1.165, 1.54) is 29.8 Å². The highest BCUT2D eigenvalue weighted by Crippen LogP contribution is 2.62. The van der Waals surface area contributed by atoms with E-state index in [0.717, 1.165) is 35.1 Å². The van der Waals surface area contributed by atoms with Gasteiger partial charge < -0.3 is 14.6 Å². The van der Waals surface area contributed by atoms with Crippen LogP contribution in [0.25, 0.3) is 11.1 Å².